The number of benzene rings is 2. The minimum Gasteiger partial charge on any atom is -0.445 e. The average molecular weight is 422 g/mol. The molecule has 7 heteroatoms. The molecule has 1 aliphatic heterocycles. The van der Waals surface area contributed by atoms with E-state index in [-0.39, 0.29) is 13.2 Å². The van der Waals surface area contributed by atoms with Gasteiger partial charge in [-0.2, -0.15) is 0 Å². The van der Waals surface area contributed by atoms with Crippen molar-refractivity contribution in [1.29, 1.82) is 0 Å². The number of anilines is 1. The van der Waals surface area contributed by atoms with Gasteiger partial charge < -0.3 is 25.1 Å². The molecular weight excluding hydrogens is 391 g/mol. The SMILES string of the molecule is Cc1c(N)cccc1C=C(CNC(=O)OCc1ccccc1)B1OC(C)(C)C(C)(C)O1. The number of rotatable bonds is 6. The van der Waals surface area contributed by atoms with E-state index in [1.54, 1.807) is 0 Å². The number of nitrogen functional groups attached to an aromatic ring is 1. The van der Waals surface area contributed by atoms with Crippen LogP contribution in [0, 0.1) is 6.92 Å². The summed E-state index contributed by atoms with van der Waals surface area (Å²) in [6.45, 7) is 10.4. The molecule has 0 spiro atoms. The molecule has 31 heavy (non-hydrogen) atoms. The highest BCUT2D eigenvalue weighted by Crippen LogP contribution is 2.39. The van der Waals surface area contributed by atoms with Gasteiger partial charge in [0.1, 0.15) is 6.61 Å². The number of amides is 1. The van der Waals surface area contributed by atoms with Gasteiger partial charge in [-0.3, -0.25) is 0 Å². The zero-order valence-corrected chi connectivity index (χ0v) is 18.9. The van der Waals surface area contributed by atoms with Crippen molar-refractivity contribution in [3.63, 3.8) is 0 Å². The van der Waals surface area contributed by atoms with Gasteiger partial charge in [-0.05, 0) is 62.8 Å². The van der Waals surface area contributed by atoms with Crippen LogP contribution in [0.5, 0.6) is 0 Å². The third kappa shape index (κ3) is 5.48. The van der Waals surface area contributed by atoms with Gasteiger partial charge in [0, 0.05) is 12.2 Å². The molecule has 1 aliphatic rings. The summed E-state index contributed by atoms with van der Waals surface area (Å²) >= 11 is 0. The summed E-state index contributed by atoms with van der Waals surface area (Å²) in [7, 11) is -0.597. The molecule has 0 radical (unpaired) electrons. The Morgan fingerprint density at radius 3 is 2.35 bits per heavy atom. The van der Waals surface area contributed by atoms with Crippen molar-refractivity contribution in [2.45, 2.75) is 52.4 Å². The molecule has 0 aromatic heterocycles. The standard InChI is InChI=1S/C24H31BN2O4/c1-17-19(12-9-13-21(17)26)14-20(25-30-23(2,3)24(4,5)31-25)15-27-22(28)29-16-18-10-7-6-8-11-18/h6-14H,15-16,26H2,1-5H3,(H,27,28). The maximum absolute atomic E-state index is 12.3. The van der Waals surface area contributed by atoms with E-state index >= 15 is 0 Å². The van der Waals surface area contributed by atoms with Gasteiger partial charge in [0.15, 0.2) is 0 Å². The van der Waals surface area contributed by atoms with Crippen molar-refractivity contribution in [2.24, 2.45) is 0 Å². The summed E-state index contributed by atoms with van der Waals surface area (Å²) in [5.41, 5.74) is 9.41. The van der Waals surface area contributed by atoms with Crippen LogP contribution in [0.1, 0.15) is 44.4 Å². The van der Waals surface area contributed by atoms with Crippen molar-refractivity contribution in [2.75, 3.05) is 12.3 Å². The largest absolute Gasteiger partial charge is 0.492 e. The lowest BCUT2D eigenvalue weighted by Gasteiger charge is -2.32. The molecule has 0 atom stereocenters. The molecule has 3 rings (SSSR count). The van der Waals surface area contributed by atoms with Gasteiger partial charge in [0.25, 0.3) is 0 Å². The summed E-state index contributed by atoms with van der Waals surface area (Å²) in [5.74, 6) is 0. The fourth-order valence-electron chi connectivity index (χ4n) is 3.17. The number of carbonyl (C=O) groups is 1. The summed E-state index contributed by atoms with van der Waals surface area (Å²) in [4.78, 5) is 12.3. The number of nitrogens with two attached hydrogens (primary N) is 1. The summed E-state index contributed by atoms with van der Waals surface area (Å²) < 4.78 is 17.8. The van der Waals surface area contributed by atoms with E-state index in [0.717, 1.165) is 22.2 Å². The average Bonchev–Trinajstić information content (AvgIpc) is 2.94. The summed E-state index contributed by atoms with van der Waals surface area (Å²) in [6, 6.07) is 15.3. The van der Waals surface area contributed by atoms with E-state index < -0.39 is 24.4 Å². The van der Waals surface area contributed by atoms with E-state index in [4.69, 9.17) is 19.8 Å². The van der Waals surface area contributed by atoms with Crippen LogP contribution in [-0.2, 0) is 20.7 Å². The van der Waals surface area contributed by atoms with Crippen LogP contribution < -0.4 is 11.1 Å². The minimum absolute atomic E-state index is 0.205. The number of carbonyl (C=O) groups excluding carboxylic acids is 1. The van der Waals surface area contributed by atoms with Gasteiger partial charge >= 0.3 is 13.2 Å². The molecule has 1 heterocycles. The molecule has 0 aliphatic carbocycles. The first-order valence-electron chi connectivity index (χ1n) is 10.4. The van der Waals surface area contributed by atoms with E-state index in [1.807, 2.05) is 89.2 Å². The lowest BCUT2D eigenvalue weighted by atomic mass is 9.76. The van der Waals surface area contributed by atoms with E-state index in [9.17, 15) is 4.79 Å². The third-order valence-corrected chi connectivity index (χ3v) is 5.96. The zero-order valence-electron chi connectivity index (χ0n) is 18.9. The van der Waals surface area contributed by atoms with Gasteiger partial charge in [-0.1, -0.05) is 48.5 Å². The Bertz CT molecular complexity index is 941. The van der Waals surface area contributed by atoms with E-state index in [2.05, 4.69) is 5.32 Å². The van der Waals surface area contributed by atoms with Crippen molar-refractivity contribution < 1.29 is 18.8 Å². The topological polar surface area (TPSA) is 82.8 Å². The number of nitrogens with one attached hydrogen (secondary N) is 1. The monoisotopic (exact) mass is 422 g/mol. The third-order valence-electron chi connectivity index (χ3n) is 5.96. The molecule has 2 aromatic rings. The molecule has 0 unspecified atom stereocenters. The number of alkyl carbamates (subject to hydrolysis) is 1. The molecule has 1 saturated heterocycles. The van der Waals surface area contributed by atoms with Crippen LogP contribution in [0.15, 0.2) is 54.0 Å². The second-order valence-corrected chi connectivity index (χ2v) is 8.78. The van der Waals surface area contributed by atoms with Gasteiger partial charge in [-0.15, -0.1) is 0 Å². The van der Waals surface area contributed by atoms with Gasteiger partial charge in [0.05, 0.1) is 11.2 Å². The van der Waals surface area contributed by atoms with Crippen LogP contribution >= 0.6 is 0 Å². The Balaban J connectivity index is 1.75. The maximum Gasteiger partial charge on any atom is 0.492 e. The van der Waals surface area contributed by atoms with Gasteiger partial charge in [-0.25, -0.2) is 4.79 Å². The van der Waals surface area contributed by atoms with E-state index in [0.29, 0.717) is 5.69 Å². The Morgan fingerprint density at radius 1 is 1.06 bits per heavy atom. The minimum atomic E-state index is -0.597. The Kier molecular flexibility index (Phi) is 6.77. The van der Waals surface area contributed by atoms with Crippen molar-refractivity contribution in [1.82, 2.24) is 5.32 Å². The molecule has 1 fully saturated rings. The van der Waals surface area contributed by atoms with Crippen LogP contribution in [0.4, 0.5) is 10.5 Å². The Morgan fingerprint density at radius 2 is 1.71 bits per heavy atom. The predicted molar refractivity (Wildman–Crippen MR) is 124 cm³/mol. The molecule has 6 nitrogen and oxygen atoms in total. The maximum atomic E-state index is 12.3. The summed E-state index contributed by atoms with van der Waals surface area (Å²) in [6.07, 6.45) is 1.46. The molecular formula is C24H31BN2O4. The normalized spacial score (nSPS) is 17.5. The van der Waals surface area contributed by atoms with Crippen LogP contribution in [0.3, 0.4) is 0 Å². The highest BCUT2D eigenvalue weighted by Gasteiger charge is 2.52. The Labute approximate surface area is 184 Å². The lowest BCUT2D eigenvalue weighted by molar-refractivity contribution is 0.00578. The molecule has 1 amide bonds. The number of hydrogen-bond donors (Lipinski definition) is 2. The molecule has 0 bridgehead atoms. The lowest BCUT2D eigenvalue weighted by Crippen LogP contribution is -2.41. The quantitative estimate of drug-likeness (QED) is 0.529. The van der Waals surface area contributed by atoms with Crippen LogP contribution in [0.2, 0.25) is 0 Å². The Hall–Kier alpha value is -2.77. The highest BCUT2D eigenvalue weighted by atomic mass is 16.7. The fourth-order valence-corrected chi connectivity index (χ4v) is 3.17. The smallest absolute Gasteiger partial charge is 0.445 e. The first-order chi connectivity index (χ1) is 14.6. The molecule has 164 valence electrons. The van der Waals surface area contributed by atoms with Crippen LogP contribution in [-0.4, -0.2) is 31.0 Å². The second-order valence-electron chi connectivity index (χ2n) is 8.78. The first-order valence-corrected chi connectivity index (χ1v) is 10.4. The van der Waals surface area contributed by atoms with Crippen molar-refractivity contribution >= 4 is 25.0 Å². The van der Waals surface area contributed by atoms with E-state index in [1.165, 1.54) is 0 Å². The molecule has 0 saturated carbocycles. The molecule has 2 aromatic carbocycles. The zero-order chi connectivity index (χ0) is 22.6. The number of ether oxygens (including phenoxy) is 1. The second kappa shape index (κ2) is 9.16. The van der Waals surface area contributed by atoms with Crippen molar-refractivity contribution in [3.8, 4) is 0 Å². The number of hydrogen-bond acceptors (Lipinski definition) is 5. The summed E-state index contributed by atoms with van der Waals surface area (Å²) in [5, 5.41) is 2.82. The van der Waals surface area contributed by atoms with Crippen molar-refractivity contribution in [3.05, 3.63) is 70.7 Å². The highest BCUT2D eigenvalue weighted by molar-refractivity contribution is 6.56. The first kappa shape index (κ1) is 22.9. The van der Waals surface area contributed by atoms with Crippen LogP contribution in [0.25, 0.3) is 6.08 Å². The fraction of sp³-hybridized carbons (Fsp3) is 0.375. The molecule has 3 N–H and O–H groups in total. The predicted octanol–water partition coefficient (Wildman–Crippen LogP) is 4.52. The van der Waals surface area contributed by atoms with Gasteiger partial charge in [0.2, 0.25) is 0 Å².